The van der Waals surface area contributed by atoms with E-state index in [1.807, 2.05) is 0 Å². The second kappa shape index (κ2) is 13.3. The van der Waals surface area contributed by atoms with Gasteiger partial charge in [-0.1, -0.05) is 20.8 Å². The Labute approximate surface area is 143 Å². The van der Waals surface area contributed by atoms with E-state index in [1.165, 1.54) is 6.42 Å². The van der Waals surface area contributed by atoms with Crippen LogP contribution in [0, 0.1) is 0 Å². The zero-order valence-corrected chi connectivity index (χ0v) is 16.3. The average molecular weight is 349 g/mol. The van der Waals surface area contributed by atoms with Gasteiger partial charge in [-0.25, -0.2) is 0 Å². The Balaban J connectivity index is 2.40. The van der Waals surface area contributed by atoms with Gasteiger partial charge >= 0.3 is 8.80 Å². The minimum atomic E-state index is -2.57. The Bertz CT molecular complexity index is 250. The summed E-state index contributed by atoms with van der Waals surface area (Å²) >= 11 is 0. The zero-order chi connectivity index (χ0) is 16.8. The highest BCUT2D eigenvalue weighted by atomic mass is 28.4. The van der Waals surface area contributed by atoms with Gasteiger partial charge in [0.15, 0.2) is 6.29 Å². The first-order valence-electron chi connectivity index (χ1n) is 9.41. The van der Waals surface area contributed by atoms with E-state index in [2.05, 4.69) is 20.8 Å². The monoisotopic (exact) mass is 348 g/mol. The van der Waals surface area contributed by atoms with E-state index < -0.39 is 8.80 Å². The Morgan fingerprint density at radius 2 is 1.48 bits per heavy atom. The molecule has 0 aromatic heterocycles. The van der Waals surface area contributed by atoms with Crippen LogP contribution < -0.4 is 0 Å². The van der Waals surface area contributed by atoms with Crippen LogP contribution in [-0.4, -0.2) is 48.1 Å². The van der Waals surface area contributed by atoms with Crippen LogP contribution in [0.15, 0.2) is 0 Å². The molecule has 1 aliphatic heterocycles. The molecule has 1 heterocycles. The van der Waals surface area contributed by atoms with Crippen molar-refractivity contribution in [2.75, 3.05) is 33.0 Å². The average Bonchev–Trinajstić information content (AvgIpc) is 2.60. The van der Waals surface area contributed by atoms with Gasteiger partial charge in [0.2, 0.25) is 0 Å². The smallest absolute Gasteiger partial charge is 0.373 e. The standard InChI is InChI=1S/C17H36O5Si/c1-4-11-20-23(21-12-5-2,22-13-6-3)16-9-15-19-17-10-7-8-14-18-17/h17H,4-16H2,1-3H3. The van der Waals surface area contributed by atoms with E-state index in [0.717, 1.165) is 51.2 Å². The molecule has 0 spiro atoms. The van der Waals surface area contributed by atoms with Crippen molar-refractivity contribution in [3.05, 3.63) is 0 Å². The van der Waals surface area contributed by atoms with Crippen LogP contribution in [0.2, 0.25) is 6.04 Å². The molecular weight excluding hydrogens is 312 g/mol. The molecule has 0 bridgehead atoms. The number of hydrogen-bond acceptors (Lipinski definition) is 5. The summed E-state index contributed by atoms with van der Waals surface area (Å²) in [5, 5.41) is 0. The second-order valence-corrected chi connectivity index (χ2v) is 8.73. The van der Waals surface area contributed by atoms with E-state index in [0.29, 0.717) is 26.4 Å². The summed E-state index contributed by atoms with van der Waals surface area (Å²) in [6.45, 7) is 9.94. The van der Waals surface area contributed by atoms with Crippen LogP contribution in [0.4, 0.5) is 0 Å². The quantitative estimate of drug-likeness (QED) is 0.349. The molecule has 1 unspecified atom stereocenters. The third-order valence-corrected chi connectivity index (χ3v) is 6.55. The first-order valence-corrected chi connectivity index (χ1v) is 11.3. The molecule has 0 aromatic rings. The van der Waals surface area contributed by atoms with Gasteiger partial charge in [-0.2, -0.15) is 0 Å². The zero-order valence-electron chi connectivity index (χ0n) is 15.3. The van der Waals surface area contributed by atoms with Gasteiger partial charge in [0.1, 0.15) is 0 Å². The summed E-state index contributed by atoms with van der Waals surface area (Å²) in [4.78, 5) is 0. The van der Waals surface area contributed by atoms with Gasteiger partial charge in [0.25, 0.3) is 0 Å². The topological polar surface area (TPSA) is 46.2 Å². The first kappa shape index (κ1) is 21.1. The maximum Gasteiger partial charge on any atom is 0.501 e. The molecule has 0 radical (unpaired) electrons. The van der Waals surface area contributed by atoms with E-state index >= 15 is 0 Å². The third kappa shape index (κ3) is 9.17. The normalized spacial score (nSPS) is 19.2. The van der Waals surface area contributed by atoms with Crippen LogP contribution in [-0.2, 0) is 22.8 Å². The molecule has 1 fully saturated rings. The highest BCUT2D eigenvalue weighted by Crippen LogP contribution is 2.21. The fourth-order valence-electron chi connectivity index (χ4n) is 2.46. The first-order chi connectivity index (χ1) is 11.3. The molecule has 23 heavy (non-hydrogen) atoms. The van der Waals surface area contributed by atoms with Gasteiger partial charge in [-0.3, -0.25) is 0 Å². The Morgan fingerprint density at radius 1 is 0.870 bits per heavy atom. The summed E-state index contributed by atoms with van der Waals surface area (Å²) in [6, 6.07) is 0.819. The fraction of sp³-hybridized carbons (Fsp3) is 1.00. The van der Waals surface area contributed by atoms with Crippen LogP contribution in [0.3, 0.4) is 0 Å². The molecule has 6 heteroatoms. The molecule has 1 atom stereocenters. The maximum atomic E-state index is 6.08. The van der Waals surface area contributed by atoms with Crippen molar-refractivity contribution >= 4 is 8.80 Å². The van der Waals surface area contributed by atoms with Crippen LogP contribution in [0.1, 0.15) is 65.7 Å². The van der Waals surface area contributed by atoms with Crippen molar-refractivity contribution in [1.29, 1.82) is 0 Å². The molecule has 0 aromatic carbocycles. The van der Waals surface area contributed by atoms with Gasteiger partial charge < -0.3 is 22.8 Å². The molecule has 1 rings (SSSR count). The number of hydrogen-bond donors (Lipinski definition) is 0. The van der Waals surface area contributed by atoms with Crippen molar-refractivity contribution in [3.63, 3.8) is 0 Å². The largest absolute Gasteiger partial charge is 0.501 e. The van der Waals surface area contributed by atoms with E-state index in [4.69, 9.17) is 22.8 Å². The molecule has 138 valence electrons. The van der Waals surface area contributed by atoms with Gasteiger partial charge in [0.05, 0.1) is 0 Å². The molecule has 0 N–H and O–H groups in total. The third-order valence-electron chi connectivity index (χ3n) is 3.65. The molecule has 0 aliphatic carbocycles. The van der Waals surface area contributed by atoms with E-state index in [1.54, 1.807) is 0 Å². The Hall–Kier alpha value is 0.0169. The molecular formula is C17H36O5Si. The molecule has 0 saturated carbocycles. The summed E-state index contributed by atoms with van der Waals surface area (Å²) in [6.07, 6.45) is 7.16. The predicted molar refractivity (Wildman–Crippen MR) is 93.5 cm³/mol. The lowest BCUT2D eigenvalue weighted by molar-refractivity contribution is -0.162. The van der Waals surface area contributed by atoms with Crippen LogP contribution >= 0.6 is 0 Å². The highest BCUT2D eigenvalue weighted by Gasteiger charge is 2.40. The summed E-state index contributed by atoms with van der Waals surface area (Å²) in [7, 11) is -2.57. The minimum Gasteiger partial charge on any atom is -0.373 e. The van der Waals surface area contributed by atoms with Crippen molar-refractivity contribution in [2.45, 2.75) is 78.1 Å². The van der Waals surface area contributed by atoms with Gasteiger partial charge in [0, 0.05) is 39.1 Å². The van der Waals surface area contributed by atoms with Crippen LogP contribution in [0.25, 0.3) is 0 Å². The fourth-order valence-corrected chi connectivity index (χ4v) is 5.27. The number of ether oxygens (including phenoxy) is 2. The van der Waals surface area contributed by atoms with Crippen molar-refractivity contribution < 1.29 is 22.8 Å². The van der Waals surface area contributed by atoms with Crippen LogP contribution in [0.5, 0.6) is 0 Å². The molecule has 5 nitrogen and oxygen atoms in total. The second-order valence-electron chi connectivity index (χ2n) is 6.00. The molecule has 1 aliphatic rings. The lowest BCUT2D eigenvalue weighted by Crippen LogP contribution is -2.46. The van der Waals surface area contributed by atoms with E-state index in [-0.39, 0.29) is 6.29 Å². The lowest BCUT2D eigenvalue weighted by atomic mass is 10.2. The summed E-state index contributed by atoms with van der Waals surface area (Å²) in [5.74, 6) is 0. The van der Waals surface area contributed by atoms with Crippen molar-refractivity contribution in [3.8, 4) is 0 Å². The summed E-state index contributed by atoms with van der Waals surface area (Å²) < 4.78 is 29.7. The van der Waals surface area contributed by atoms with E-state index in [9.17, 15) is 0 Å². The van der Waals surface area contributed by atoms with Gasteiger partial charge in [-0.15, -0.1) is 0 Å². The molecule has 0 amide bonds. The highest BCUT2D eigenvalue weighted by molar-refractivity contribution is 6.60. The minimum absolute atomic E-state index is 0.0236. The van der Waals surface area contributed by atoms with Crippen molar-refractivity contribution in [1.82, 2.24) is 0 Å². The Kier molecular flexibility index (Phi) is 12.2. The lowest BCUT2D eigenvalue weighted by Gasteiger charge is -2.30. The van der Waals surface area contributed by atoms with Crippen molar-refractivity contribution in [2.24, 2.45) is 0 Å². The maximum absolute atomic E-state index is 6.08. The van der Waals surface area contributed by atoms with Gasteiger partial charge in [-0.05, 0) is 44.9 Å². The SMILES string of the molecule is CCCO[Si](CCCOC1CCCCO1)(OCCC)OCCC. The molecule has 1 saturated heterocycles. The predicted octanol–water partition coefficient (Wildman–Crippen LogP) is 4.14. The number of rotatable bonds is 14. The Morgan fingerprint density at radius 3 is 1.96 bits per heavy atom. The summed E-state index contributed by atoms with van der Waals surface area (Å²) in [5.41, 5.74) is 0.